The van der Waals surface area contributed by atoms with Gasteiger partial charge in [0.05, 0.1) is 19.8 Å². The Morgan fingerprint density at radius 3 is 2.84 bits per heavy atom. The second-order valence-corrected chi connectivity index (χ2v) is 7.60. The number of anilines is 1. The molecule has 1 fully saturated rings. The van der Waals surface area contributed by atoms with Gasteiger partial charge in [-0.15, -0.1) is 0 Å². The molecule has 1 aliphatic heterocycles. The fraction of sp³-hybridized carbons (Fsp3) is 0.417. The molecule has 1 aliphatic rings. The van der Waals surface area contributed by atoms with Crippen LogP contribution in [-0.4, -0.2) is 44.8 Å². The highest BCUT2D eigenvalue weighted by Gasteiger charge is 2.19. The van der Waals surface area contributed by atoms with Crippen LogP contribution in [0, 0.1) is 6.92 Å². The van der Waals surface area contributed by atoms with Crippen LogP contribution in [0.25, 0.3) is 0 Å². The minimum absolute atomic E-state index is 0.0906. The zero-order valence-electron chi connectivity index (χ0n) is 18.5. The molecule has 7 nitrogen and oxygen atoms in total. The highest BCUT2D eigenvalue weighted by atomic mass is 16.5. The Morgan fingerprint density at radius 1 is 1.23 bits per heavy atom. The van der Waals surface area contributed by atoms with Crippen molar-refractivity contribution in [1.82, 2.24) is 10.6 Å². The van der Waals surface area contributed by atoms with Gasteiger partial charge in [-0.1, -0.05) is 31.2 Å². The summed E-state index contributed by atoms with van der Waals surface area (Å²) in [7, 11) is 1.68. The van der Waals surface area contributed by atoms with Gasteiger partial charge < -0.3 is 25.4 Å². The maximum atomic E-state index is 12.3. The summed E-state index contributed by atoms with van der Waals surface area (Å²) in [6.07, 6.45) is 1.92. The van der Waals surface area contributed by atoms with Crippen LogP contribution in [0.15, 0.2) is 47.5 Å². The lowest BCUT2D eigenvalue weighted by Crippen LogP contribution is -2.41. The molecule has 0 bridgehead atoms. The van der Waals surface area contributed by atoms with E-state index in [-0.39, 0.29) is 18.6 Å². The van der Waals surface area contributed by atoms with E-state index < -0.39 is 0 Å². The number of ether oxygens (including phenoxy) is 2. The average Bonchev–Trinajstić information content (AvgIpc) is 3.28. The molecule has 31 heavy (non-hydrogen) atoms. The van der Waals surface area contributed by atoms with Gasteiger partial charge in [0.2, 0.25) is 5.91 Å². The van der Waals surface area contributed by atoms with E-state index in [0.29, 0.717) is 19.1 Å². The van der Waals surface area contributed by atoms with E-state index in [1.807, 2.05) is 43.3 Å². The topological polar surface area (TPSA) is 84.0 Å². The second-order valence-electron chi connectivity index (χ2n) is 7.60. The van der Waals surface area contributed by atoms with E-state index in [9.17, 15) is 4.79 Å². The van der Waals surface area contributed by atoms with E-state index in [4.69, 9.17) is 9.47 Å². The Labute approximate surface area is 184 Å². The van der Waals surface area contributed by atoms with E-state index >= 15 is 0 Å². The van der Waals surface area contributed by atoms with Gasteiger partial charge in [-0.25, -0.2) is 0 Å². The summed E-state index contributed by atoms with van der Waals surface area (Å²) < 4.78 is 11.6. The first-order chi connectivity index (χ1) is 15.1. The van der Waals surface area contributed by atoms with Gasteiger partial charge in [-0.3, -0.25) is 9.79 Å². The predicted octanol–water partition coefficient (Wildman–Crippen LogP) is 3.03. The first-order valence-electron chi connectivity index (χ1n) is 10.7. The van der Waals surface area contributed by atoms with E-state index in [1.165, 1.54) is 5.56 Å². The zero-order valence-corrected chi connectivity index (χ0v) is 18.5. The minimum Gasteiger partial charge on any atom is -0.488 e. The fourth-order valence-electron chi connectivity index (χ4n) is 3.34. The summed E-state index contributed by atoms with van der Waals surface area (Å²) in [5.74, 6) is 1.27. The van der Waals surface area contributed by atoms with Crippen molar-refractivity contribution in [2.75, 3.05) is 32.1 Å². The smallest absolute Gasteiger partial charge is 0.243 e. The lowest BCUT2D eigenvalue weighted by Gasteiger charge is -2.18. The van der Waals surface area contributed by atoms with Gasteiger partial charge in [-0.05, 0) is 42.7 Å². The number of guanidine groups is 1. The number of nitrogens with one attached hydrogen (secondary N) is 3. The van der Waals surface area contributed by atoms with Gasteiger partial charge in [0, 0.05) is 31.3 Å². The van der Waals surface area contributed by atoms with Gasteiger partial charge in [-0.2, -0.15) is 0 Å². The van der Waals surface area contributed by atoms with Gasteiger partial charge in [0.25, 0.3) is 0 Å². The summed E-state index contributed by atoms with van der Waals surface area (Å²) >= 11 is 0. The van der Waals surface area contributed by atoms with Crippen molar-refractivity contribution >= 4 is 17.6 Å². The van der Waals surface area contributed by atoms with Crippen molar-refractivity contribution < 1.29 is 14.3 Å². The SMILES string of the molecule is CCc1cccc(NC(=O)CNC(=NC)NCc2ccc(C)cc2OC2CCOC2)c1. The molecule has 1 atom stereocenters. The third-order valence-corrected chi connectivity index (χ3v) is 5.11. The van der Waals surface area contributed by atoms with E-state index in [0.717, 1.165) is 42.0 Å². The molecule has 0 radical (unpaired) electrons. The van der Waals surface area contributed by atoms with Crippen LogP contribution < -0.4 is 20.7 Å². The molecule has 2 aromatic carbocycles. The van der Waals surface area contributed by atoms with Crippen LogP contribution in [0.4, 0.5) is 5.69 Å². The van der Waals surface area contributed by atoms with Crippen molar-refractivity contribution in [3.05, 3.63) is 59.2 Å². The van der Waals surface area contributed by atoms with Crippen molar-refractivity contribution in [3.63, 3.8) is 0 Å². The minimum atomic E-state index is -0.128. The zero-order chi connectivity index (χ0) is 22.1. The predicted molar refractivity (Wildman–Crippen MR) is 124 cm³/mol. The molecule has 166 valence electrons. The number of carbonyl (C=O) groups excluding carboxylic acids is 1. The number of amides is 1. The van der Waals surface area contributed by atoms with Gasteiger partial charge in [0.15, 0.2) is 5.96 Å². The molecule has 1 heterocycles. The summed E-state index contributed by atoms with van der Waals surface area (Å²) in [5.41, 5.74) is 4.15. The molecule has 3 N–H and O–H groups in total. The number of aryl methyl sites for hydroxylation is 2. The standard InChI is InChI=1S/C24H32N4O3/c1-4-18-6-5-7-20(13-18)28-23(29)15-27-24(25-3)26-14-19-9-8-17(2)12-22(19)31-21-10-11-30-16-21/h5-9,12-13,21H,4,10-11,14-16H2,1-3H3,(H,28,29)(H2,25,26,27). The van der Waals surface area contributed by atoms with Crippen molar-refractivity contribution in [2.24, 2.45) is 4.99 Å². The maximum absolute atomic E-state index is 12.3. The molecule has 3 rings (SSSR count). The quantitative estimate of drug-likeness (QED) is 0.448. The molecule has 1 unspecified atom stereocenters. The summed E-state index contributed by atoms with van der Waals surface area (Å²) in [6.45, 7) is 6.15. The molecule has 1 saturated heterocycles. The number of benzene rings is 2. The average molecular weight is 425 g/mol. The summed E-state index contributed by atoms with van der Waals surface area (Å²) in [6, 6.07) is 14.0. The largest absolute Gasteiger partial charge is 0.488 e. The maximum Gasteiger partial charge on any atom is 0.243 e. The molecule has 7 heteroatoms. The Bertz CT molecular complexity index is 907. The Morgan fingerprint density at radius 2 is 2.10 bits per heavy atom. The molecule has 0 spiro atoms. The molecule has 0 saturated carbocycles. The third kappa shape index (κ3) is 7.00. The Kier molecular flexibility index (Phi) is 8.29. The Balaban J connectivity index is 1.51. The molecule has 0 aromatic heterocycles. The molecule has 0 aliphatic carbocycles. The lowest BCUT2D eigenvalue weighted by atomic mass is 10.1. The van der Waals surface area contributed by atoms with E-state index in [2.05, 4.69) is 33.9 Å². The summed E-state index contributed by atoms with van der Waals surface area (Å²) in [4.78, 5) is 16.5. The number of rotatable bonds is 8. The van der Waals surface area contributed by atoms with Crippen molar-refractivity contribution in [1.29, 1.82) is 0 Å². The normalized spacial score (nSPS) is 16.1. The van der Waals surface area contributed by atoms with Crippen LogP contribution in [0.2, 0.25) is 0 Å². The Hall–Kier alpha value is -3.06. The first kappa shape index (κ1) is 22.6. The highest BCUT2D eigenvalue weighted by molar-refractivity contribution is 5.95. The molecule has 1 amide bonds. The van der Waals surface area contributed by atoms with Gasteiger partial charge >= 0.3 is 0 Å². The van der Waals surface area contributed by atoms with Gasteiger partial charge in [0.1, 0.15) is 11.9 Å². The van der Waals surface area contributed by atoms with Crippen molar-refractivity contribution in [2.45, 2.75) is 39.3 Å². The highest BCUT2D eigenvalue weighted by Crippen LogP contribution is 2.23. The summed E-state index contributed by atoms with van der Waals surface area (Å²) in [5, 5.41) is 9.22. The molecule has 2 aromatic rings. The van der Waals surface area contributed by atoms with E-state index in [1.54, 1.807) is 7.05 Å². The molecular formula is C24H32N4O3. The second kappa shape index (κ2) is 11.4. The number of carbonyl (C=O) groups is 1. The fourth-order valence-corrected chi connectivity index (χ4v) is 3.34. The first-order valence-corrected chi connectivity index (χ1v) is 10.7. The lowest BCUT2D eigenvalue weighted by molar-refractivity contribution is -0.115. The number of hydrogen-bond acceptors (Lipinski definition) is 4. The van der Waals surface area contributed by atoms with Crippen molar-refractivity contribution in [3.8, 4) is 5.75 Å². The molecular weight excluding hydrogens is 392 g/mol. The number of aliphatic imine (C=N–C) groups is 1. The van der Waals surface area contributed by atoms with Crippen LogP contribution in [0.3, 0.4) is 0 Å². The van der Waals surface area contributed by atoms with Crippen LogP contribution in [-0.2, 0) is 22.5 Å². The van der Waals surface area contributed by atoms with Crippen LogP contribution in [0.5, 0.6) is 5.75 Å². The monoisotopic (exact) mass is 424 g/mol. The van der Waals surface area contributed by atoms with Crippen LogP contribution in [0.1, 0.15) is 30.0 Å². The third-order valence-electron chi connectivity index (χ3n) is 5.11. The van der Waals surface area contributed by atoms with Crippen LogP contribution >= 0.6 is 0 Å². The number of hydrogen-bond donors (Lipinski definition) is 3. The number of nitrogens with zero attached hydrogens (tertiary/aromatic N) is 1.